The highest BCUT2D eigenvalue weighted by Crippen LogP contribution is 2.35. The van der Waals surface area contributed by atoms with E-state index in [-0.39, 0.29) is 6.17 Å². The van der Waals surface area contributed by atoms with E-state index in [4.69, 9.17) is 9.98 Å². The minimum atomic E-state index is -0.350. The topological polar surface area (TPSA) is 36.8 Å². The smallest absolute Gasteiger partial charge is 0.160 e. The first-order valence-corrected chi connectivity index (χ1v) is 17.0. The standard InChI is InChI=1S/C47H33N3/c1-4-15-32(16-5-1)36-29-37(33-17-6-2-7-18-33)31-38(30-36)45-48-46(43-26-14-22-35-21-10-11-23-39(35)43)50-47(49-45)44-28-27-40(34-19-8-3-9-20-34)41-24-12-13-25-42(41)44/h1-31,46H,(H,48,49,50). The Morgan fingerprint density at radius 2 is 0.880 bits per heavy atom. The van der Waals surface area contributed by atoms with Gasteiger partial charge in [-0.3, -0.25) is 0 Å². The molecule has 0 bridgehead atoms. The van der Waals surface area contributed by atoms with Gasteiger partial charge in [0.1, 0.15) is 12.0 Å². The molecule has 8 aromatic rings. The fraction of sp³-hybridized carbons (Fsp3) is 0.0213. The Balaban J connectivity index is 1.26. The van der Waals surface area contributed by atoms with Gasteiger partial charge in [0, 0.05) is 16.7 Å². The third-order valence-corrected chi connectivity index (χ3v) is 9.53. The molecule has 3 heteroatoms. The molecule has 1 N–H and O–H groups in total. The summed E-state index contributed by atoms with van der Waals surface area (Å²) in [5.41, 5.74) is 10.1. The largest absolute Gasteiger partial charge is 0.344 e. The number of amidine groups is 2. The second kappa shape index (κ2) is 12.8. The molecule has 1 aliphatic rings. The van der Waals surface area contributed by atoms with Crippen molar-refractivity contribution >= 4 is 33.2 Å². The van der Waals surface area contributed by atoms with Crippen LogP contribution in [0.3, 0.4) is 0 Å². The quantitative estimate of drug-likeness (QED) is 0.193. The van der Waals surface area contributed by atoms with E-state index in [1.807, 2.05) is 0 Å². The summed E-state index contributed by atoms with van der Waals surface area (Å²) < 4.78 is 0. The number of hydrogen-bond acceptors (Lipinski definition) is 3. The van der Waals surface area contributed by atoms with Gasteiger partial charge in [0.2, 0.25) is 0 Å². The molecule has 3 nitrogen and oxygen atoms in total. The summed E-state index contributed by atoms with van der Waals surface area (Å²) in [6.45, 7) is 0. The van der Waals surface area contributed by atoms with Gasteiger partial charge in [0.25, 0.3) is 0 Å². The predicted molar refractivity (Wildman–Crippen MR) is 210 cm³/mol. The molecule has 0 radical (unpaired) electrons. The average molecular weight is 640 g/mol. The predicted octanol–water partition coefficient (Wildman–Crippen LogP) is 11.5. The zero-order valence-corrected chi connectivity index (χ0v) is 27.4. The van der Waals surface area contributed by atoms with E-state index in [1.165, 1.54) is 27.3 Å². The molecule has 0 fully saturated rings. The fourth-order valence-electron chi connectivity index (χ4n) is 7.09. The van der Waals surface area contributed by atoms with Crippen LogP contribution in [0.2, 0.25) is 0 Å². The number of fused-ring (bicyclic) bond motifs is 2. The lowest BCUT2D eigenvalue weighted by Crippen LogP contribution is -2.33. The SMILES string of the molecule is c1ccc(-c2cc(C3=NC(c4ccc(-c5ccccc5)c5ccccc45)=NC(c4cccc5ccccc45)N3)cc(-c3ccccc3)c2)cc1. The van der Waals surface area contributed by atoms with Gasteiger partial charge in [-0.25, -0.2) is 9.98 Å². The summed E-state index contributed by atoms with van der Waals surface area (Å²) in [6.07, 6.45) is -0.350. The highest BCUT2D eigenvalue weighted by Gasteiger charge is 2.24. The molecule has 9 rings (SSSR count). The summed E-state index contributed by atoms with van der Waals surface area (Å²) in [5, 5.41) is 8.43. The van der Waals surface area contributed by atoms with Gasteiger partial charge in [0.15, 0.2) is 5.84 Å². The summed E-state index contributed by atoms with van der Waals surface area (Å²) in [6, 6.07) is 66.4. The van der Waals surface area contributed by atoms with E-state index in [0.29, 0.717) is 5.84 Å². The van der Waals surface area contributed by atoms with Crippen LogP contribution >= 0.6 is 0 Å². The summed E-state index contributed by atoms with van der Waals surface area (Å²) in [7, 11) is 0. The van der Waals surface area contributed by atoms with Crippen molar-refractivity contribution in [1.29, 1.82) is 0 Å². The van der Waals surface area contributed by atoms with E-state index in [1.54, 1.807) is 0 Å². The van der Waals surface area contributed by atoms with Crippen molar-refractivity contribution < 1.29 is 0 Å². The van der Waals surface area contributed by atoms with Crippen molar-refractivity contribution in [2.45, 2.75) is 6.17 Å². The first-order valence-electron chi connectivity index (χ1n) is 17.0. The van der Waals surface area contributed by atoms with Crippen molar-refractivity contribution in [3.8, 4) is 33.4 Å². The van der Waals surface area contributed by atoms with Crippen LogP contribution in [0.4, 0.5) is 0 Å². The Kier molecular flexibility index (Phi) is 7.56. The van der Waals surface area contributed by atoms with Crippen LogP contribution in [0.5, 0.6) is 0 Å². The van der Waals surface area contributed by atoms with Gasteiger partial charge in [-0.15, -0.1) is 0 Å². The van der Waals surface area contributed by atoms with Crippen molar-refractivity contribution in [2.24, 2.45) is 9.98 Å². The van der Waals surface area contributed by atoms with E-state index in [2.05, 4.69) is 193 Å². The molecule has 0 amide bonds. The van der Waals surface area contributed by atoms with Gasteiger partial charge in [-0.05, 0) is 79.2 Å². The minimum Gasteiger partial charge on any atom is -0.344 e. The highest BCUT2D eigenvalue weighted by molar-refractivity contribution is 6.19. The number of nitrogens with one attached hydrogen (secondary N) is 1. The van der Waals surface area contributed by atoms with Crippen molar-refractivity contribution in [2.75, 3.05) is 0 Å². The number of rotatable bonds is 6. The van der Waals surface area contributed by atoms with Gasteiger partial charge in [0.05, 0.1) is 0 Å². The molecular weight excluding hydrogens is 607 g/mol. The van der Waals surface area contributed by atoms with Crippen LogP contribution < -0.4 is 5.32 Å². The second-order valence-electron chi connectivity index (χ2n) is 12.6. The van der Waals surface area contributed by atoms with Gasteiger partial charge in [-0.2, -0.15) is 0 Å². The van der Waals surface area contributed by atoms with Crippen LogP contribution in [0.25, 0.3) is 54.9 Å². The van der Waals surface area contributed by atoms with E-state index in [9.17, 15) is 0 Å². The molecule has 0 saturated heterocycles. The molecule has 1 atom stereocenters. The number of hydrogen-bond donors (Lipinski definition) is 1. The monoisotopic (exact) mass is 639 g/mol. The normalized spacial score (nSPS) is 14.2. The zero-order chi connectivity index (χ0) is 33.3. The van der Waals surface area contributed by atoms with E-state index < -0.39 is 0 Å². The lowest BCUT2D eigenvalue weighted by atomic mass is 9.94. The summed E-state index contributed by atoms with van der Waals surface area (Å²) in [5.74, 6) is 1.50. The Labute approximate surface area is 292 Å². The molecule has 0 spiro atoms. The second-order valence-corrected chi connectivity index (χ2v) is 12.6. The first-order chi connectivity index (χ1) is 24.8. The maximum Gasteiger partial charge on any atom is 0.160 e. The van der Waals surface area contributed by atoms with Crippen LogP contribution in [-0.4, -0.2) is 11.7 Å². The molecule has 1 heterocycles. The van der Waals surface area contributed by atoms with Crippen LogP contribution in [0, 0.1) is 0 Å². The van der Waals surface area contributed by atoms with Gasteiger partial charge in [-0.1, -0.05) is 164 Å². The van der Waals surface area contributed by atoms with Crippen LogP contribution in [0.15, 0.2) is 198 Å². The molecule has 1 aliphatic heterocycles. The van der Waals surface area contributed by atoms with Crippen LogP contribution in [0.1, 0.15) is 22.9 Å². The average Bonchev–Trinajstić information content (AvgIpc) is 3.21. The Morgan fingerprint density at radius 1 is 0.380 bits per heavy atom. The number of nitrogens with zero attached hydrogens (tertiary/aromatic N) is 2. The molecule has 0 saturated carbocycles. The van der Waals surface area contributed by atoms with Crippen molar-refractivity contribution in [3.05, 3.63) is 205 Å². The number of aliphatic imine (C=N–C) groups is 2. The zero-order valence-electron chi connectivity index (χ0n) is 27.4. The Bertz CT molecular complexity index is 2490. The lowest BCUT2D eigenvalue weighted by molar-refractivity contribution is 0.680. The molecule has 50 heavy (non-hydrogen) atoms. The molecule has 0 aliphatic carbocycles. The van der Waals surface area contributed by atoms with E-state index in [0.717, 1.165) is 50.2 Å². The minimum absolute atomic E-state index is 0.350. The third-order valence-electron chi connectivity index (χ3n) is 9.53. The van der Waals surface area contributed by atoms with Gasteiger partial charge < -0.3 is 5.32 Å². The summed E-state index contributed by atoms with van der Waals surface area (Å²) in [4.78, 5) is 10.7. The van der Waals surface area contributed by atoms with Crippen LogP contribution in [-0.2, 0) is 0 Å². The number of benzene rings is 8. The third kappa shape index (κ3) is 5.55. The Hall–Kier alpha value is -6.58. The maximum atomic E-state index is 5.38. The van der Waals surface area contributed by atoms with Crippen molar-refractivity contribution in [1.82, 2.24) is 5.32 Å². The van der Waals surface area contributed by atoms with Gasteiger partial charge >= 0.3 is 0 Å². The van der Waals surface area contributed by atoms with Crippen molar-refractivity contribution in [3.63, 3.8) is 0 Å². The van der Waals surface area contributed by atoms with E-state index >= 15 is 0 Å². The molecule has 8 aromatic carbocycles. The maximum absolute atomic E-state index is 5.38. The highest BCUT2D eigenvalue weighted by atomic mass is 15.2. The fourth-order valence-corrected chi connectivity index (χ4v) is 7.09. The molecule has 1 unspecified atom stereocenters. The summed E-state index contributed by atoms with van der Waals surface area (Å²) >= 11 is 0. The first kappa shape index (κ1) is 29.6. The lowest BCUT2D eigenvalue weighted by Gasteiger charge is -2.26. The Morgan fingerprint density at radius 3 is 1.54 bits per heavy atom. The molecular formula is C47H33N3. The molecule has 0 aromatic heterocycles. The molecule has 236 valence electrons.